The average molecular weight is 342 g/mol. The van der Waals surface area contributed by atoms with Gasteiger partial charge in [0.15, 0.2) is 0 Å². The summed E-state index contributed by atoms with van der Waals surface area (Å²) in [6.07, 6.45) is 3.92. The average Bonchev–Trinajstić information content (AvgIpc) is 3.20. The number of aromatic amines is 1. The van der Waals surface area contributed by atoms with E-state index in [0.717, 1.165) is 56.0 Å². The lowest BCUT2D eigenvalue weighted by Crippen LogP contribution is -2.46. The van der Waals surface area contributed by atoms with Crippen molar-refractivity contribution in [3.63, 3.8) is 0 Å². The molecule has 1 fully saturated rings. The number of benzene rings is 1. The number of piperidine rings is 1. The Kier molecular flexibility index (Phi) is 6.06. The molecule has 1 aromatic carbocycles. The molecule has 2 amide bonds. The van der Waals surface area contributed by atoms with Crippen molar-refractivity contribution in [1.29, 1.82) is 0 Å². The zero-order valence-corrected chi connectivity index (χ0v) is 14.7. The van der Waals surface area contributed by atoms with Gasteiger partial charge < -0.3 is 15.0 Å². The molecule has 1 aliphatic rings. The SMILES string of the molecule is CCOC[C@H]1CCCN(C(=O)NCc2ccc(-c3ccn[nH]3)cc2)C1. The number of carbonyl (C=O) groups excluding carboxylic acids is 1. The Balaban J connectivity index is 1.48. The molecule has 1 saturated heterocycles. The number of rotatable bonds is 6. The molecule has 0 aliphatic carbocycles. The number of hydrogen-bond acceptors (Lipinski definition) is 3. The summed E-state index contributed by atoms with van der Waals surface area (Å²) in [4.78, 5) is 14.3. The Morgan fingerprint density at radius 2 is 2.20 bits per heavy atom. The third-order valence-corrected chi connectivity index (χ3v) is 4.57. The minimum absolute atomic E-state index is 0.0128. The van der Waals surface area contributed by atoms with Crippen LogP contribution in [0.3, 0.4) is 0 Å². The van der Waals surface area contributed by atoms with Crippen molar-refractivity contribution in [2.45, 2.75) is 26.3 Å². The second-order valence-corrected chi connectivity index (χ2v) is 6.44. The molecule has 1 aliphatic heterocycles. The van der Waals surface area contributed by atoms with Crippen molar-refractivity contribution in [1.82, 2.24) is 20.4 Å². The standard InChI is InChI=1S/C19H26N4O2/c1-2-25-14-16-4-3-11-23(13-16)19(24)20-12-15-5-7-17(8-6-15)18-9-10-21-22-18/h5-10,16H,2-4,11-14H2,1H3,(H,20,24)(H,21,22)/t16-/m0/s1. The summed E-state index contributed by atoms with van der Waals surface area (Å²) in [7, 11) is 0. The molecule has 2 N–H and O–H groups in total. The van der Waals surface area contributed by atoms with Crippen molar-refractivity contribution < 1.29 is 9.53 Å². The van der Waals surface area contributed by atoms with Crippen LogP contribution >= 0.6 is 0 Å². The molecular weight excluding hydrogens is 316 g/mol. The third-order valence-electron chi connectivity index (χ3n) is 4.57. The first-order chi connectivity index (χ1) is 12.3. The quantitative estimate of drug-likeness (QED) is 0.848. The molecular formula is C19H26N4O2. The lowest BCUT2D eigenvalue weighted by atomic mass is 9.99. The number of H-pyrrole nitrogens is 1. The molecule has 1 aromatic heterocycles. The zero-order chi connectivity index (χ0) is 17.5. The maximum atomic E-state index is 12.4. The Labute approximate surface area is 148 Å². The maximum Gasteiger partial charge on any atom is 0.317 e. The van der Waals surface area contributed by atoms with Crippen LogP contribution in [0.1, 0.15) is 25.3 Å². The highest BCUT2D eigenvalue weighted by atomic mass is 16.5. The second-order valence-electron chi connectivity index (χ2n) is 6.44. The topological polar surface area (TPSA) is 70.2 Å². The minimum Gasteiger partial charge on any atom is -0.381 e. The lowest BCUT2D eigenvalue weighted by molar-refractivity contribution is 0.0756. The number of nitrogens with one attached hydrogen (secondary N) is 2. The van der Waals surface area contributed by atoms with E-state index in [2.05, 4.69) is 15.5 Å². The highest BCUT2D eigenvalue weighted by molar-refractivity contribution is 5.74. The first kappa shape index (κ1) is 17.5. The number of carbonyl (C=O) groups is 1. The molecule has 1 atom stereocenters. The van der Waals surface area contributed by atoms with Crippen LogP contribution in [0.2, 0.25) is 0 Å². The monoisotopic (exact) mass is 342 g/mol. The summed E-state index contributed by atoms with van der Waals surface area (Å²) >= 11 is 0. The van der Waals surface area contributed by atoms with Gasteiger partial charge >= 0.3 is 6.03 Å². The fourth-order valence-corrected chi connectivity index (χ4v) is 3.18. The van der Waals surface area contributed by atoms with E-state index in [-0.39, 0.29) is 6.03 Å². The summed E-state index contributed by atoms with van der Waals surface area (Å²) in [6, 6.07) is 10.1. The smallest absolute Gasteiger partial charge is 0.317 e. The largest absolute Gasteiger partial charge is 0.381 e. The predicted molar refractivity (Wildman–Crippen MR) is 97.0 cm³/mol. The molecule has 0 unspecified atom stereocenters. The van der Waals surface area contributed by atoms with Gasteiger partial charge in [-0.05, 0) is 37.0 Å². The van der Waals surface area contributed by atoms with Crippen LogP contribution in [0.5, 0.6) is 0 Å². The van der Waals surface area contributed by atoms with E-state index < -0.39 is 0 Å². The van der Waals surface area contributed by atoms with Crippen molar-refractivity contribution in [3.05, 3.63) is 42.1 Å². The number of amides is 2. The molecule has 25 heavy (non-hydrogen) atoms. The minimum atomic E-state index is 0.0128. The fraction of sp³-hybridized carbons (Fsp3) is 0.474. The van der Waals surface area contributed by atoms with Gasteiger partial charge in [-0.3, -0.25) is 5.10 Å². The fourth-order valence-electron chi connectivity index (χ4n) is 3.18. The molecule has 6 nitrogen and oxygen atoms in total. The number of nitrogens with zero attached hydrogens (tertiary/aromatic N) is 2. The van der Waals surface area contributed by atoms with Gasteiger partial charge in [-0.15, -0.1) is 0 Å². The lowest BCUT2D eigenvalue weighted by Gasteiger charge is -2.32. The second kappa shape index (κ2) is 8.67. The molecule has 0 radical (unpaired) electrons. The van der Waals surface area contributed by atoms with E-state index in [1.165, 1.54) is 0 Å². The van der Waals surface area contributed by atoms with Crippen LogP contribution in [0.25, 0.3) is 11.3 Å². The van der Waals surface area contributed by atoms with E-state index >= 15 is 0 Å². The Morgan fingerprint density at radius 1 is 1.36 bits per heavy atom. The first-order valence-electron chi connectivity index (χ1n) is 8.95. The zero-order valence-electron chi connectivity index (χ0n) is 14.7. The van der Waals surface area contributed by atoms with Crippen molar-refractivity contribution >= 4 is 6.03 Å². The summed E-state index contributed by atoms with van der Waals surface area (Å²) in [5.41, 5.74) is 3.16. The number of ether oxygens (including phenoxy) is 1. The van der Waals surface area contributed by atoms with Crippen molar-refractivity contribution in [3.8, 4) is 11.3 Å². The molecule has 0 saturated carbocycles. The van der Waals surface area contributed by atoms with Crippen molar-refractivity contribution in [2.75, 3.05) is 26.3 Å². The van der Waals surface area contributed by atoms with E-state index in [1.807, 2.05) is 42.2 Å². The van der Waals surface area contributed by atoms with Crippen LogP contribution in [-0.4, -0.2) is 47.4 Å². The van der Waals surface area contributed by atoms with E-state index in [4.69, 9.17) is 4.74 Å². The molecule has 0 bridgehead atoms. The Bertz CT molecular complexity index is 655. The number of aromatic nitrogens is 2. The molecule has 0 spiro atoms. The van der Waals surface area contributed by atoms with E-state index in [0.29, 0.717) is 12.5 Å². The molecule has 3 rings (SSSR count). The Hall–Kier alpha value is -2.34. The van der Waals surface area contributed by atoms with Gasteiger partial charge in [-0.1, -0.05) is 24.3 Å². The van der Waals surface area contributed by atoms with Gasteiger partial charge in [0.05, 0.1) is 12.3 Å². The van der Waals surface area contributed by atoms with Gasteiger partial charge in [-0.25, -0.2) is 4.79 Å². The Morgan fingerprint density at radius 3 is 2.92 bits per heavy atom. The van der Waals surface area contributed by atoms with Gasteiger partial charge in [0.2, 0.25) is 0 Å². The third kappa shape index (κ3) is 4.82. The highest BCUT2D eigenvalue weighted by Crippen LogP contribution is 2.18. The van der Waals surface area contributed by atoms with Crippen LogP contribution in [0, 0.1) is 5.92 Å². The van der Waals surface area contributed by atoms with Crippen LogP contribution < -0.4 is 5.32 Å². The van der Waals surface area contributed by atoms with Crippen molar-refractivity contribution in [2.24, 2.45) is 5.92 Å². The van der Waals surface area contributed by atoms with Crippen LogP contribution in [0.4, 0.5) is 4.79 Å². The molecule has 2 aromatic rings. The maximum absolute atomic E-state index is 12.4. The highest BCUT2D eigenvalue weighted by Gasteiger charge is 2.23. The molecule has 134 valence electrons. The first-order valence-corrected chi connectivity index (χ1v) is 8.95. The number of hydrogen-bond donors (Lipinski definition) is 2. The van der Waals surface area contributed by atoms with E-state index in [1.54, 1.807) is 6.20 Å². The van der Waals surface area contributed by atoms with Gasteiger partial charge in [-0.2, -0.15) is 5.10 Å². The van der Waals surface area contributed by atoms with Gasteiger partial charge in [0.1, 0.15) is 0 Å². The van der Waals surface area contributed by atoms with Crippen LogP contribution in [-0.2, 0) is 11.3 Å². The van der Waals surface area contributed by atoms with Gasteiger partial charge in [0, 0.05) is 38.4 Å². The molecule has 2 heterocycles. The van der Waals surface area contributed by atoms with E-state index in [9.17, 15) is 4.79 Å². The molecule has 6 heteroatoms. The predicted octanol–water partition coefficient (Wildman–Crippen LogP) is 3.03. The summed E-state index contributed by atoms with van der Waals surface area (Å²) in [5, 5.41) is 9.93. The summed E-state index contributed by atoms with van der Waals surface area (Å²) in [5.74, 6) is 0.452. The van der Waals surface area contributed by atoms with Crippen LogP contribution in [0.15, 0.2) is 36.5 Å². The number of urea groups is 1. The summed E-state index contributed by atoms with van der Waals surface area (Å²) < 4.78 is 5.51. The normalized spacial score (nSPS) is 17.5. The number of likely N-dealkylation sites (tertiary alicyclic amines) is 1. The summed E-state index contributed by atoms with van der Waals surface area (Å²) in [6.45, 7) is 5.63. The van der Waals surface area contributed by atoms with Gasteiger partial charge in [0.25, 0.3) is 0 Å².